The smallest absolute Gasteiger partial charge is 0.0120 e. The molecule has 0 saturated carbocycles. The highest BCUT2D eigenvalue weighted by Crippen LogP contribution is 2.21. The van der Waals surface area contributed by atoms with Crippen molar-refractivity contribution >= 4 is 0 Å². The molecular formula is C17H35N3. The molecule has 2 heterocycles. The van der Waals surface area contributed by atoms with Gasteiger partial charge in [-0.1, -0.05) is 25.7 Å². The Morgan fingerprint density at radius 1 is 0.750 bits per heavy atom. The minimum atomic E-state index is 0.865. The predicted octanol–water partition coefficient (Wildman–Crippen LogP) is 2.85. The number of likely N-dealkylation sites (tertiary alicyclic amines) is 2. The van der Waals surface area contributed by atoms with Crippen molar-refractivity contribution in [3.8, 4) is 0 Å². The van der Waals surface area contributed by atoms with Gasteiger partial charge in [0.2, 0.25) is 0 Å². The molecule has 0 radical (unpaired) electrons. The van der Waals surface area contributed by atoms with Crippen molar-refractivity contribution in [2.45, 2.75) is 70.3 Å². The van der Waals surface area contributed by atoms with Crippen LogP contribution >= 0.6 is 0 Å². The number of hydrogen-bond acceptors (Lipinski definition) is 3. The summed E-state index contributed by atoms with van der Waals surface area (Å²) in [6.45, 7) is 7.60. The Balaban J connectivity index is 1.50. The summed E-state index contributed by atoms with van der Waals surface area (Å²) in [6, 6.07) is 0.899. The number of nitrogens with zero attached hydrogens (tertiary/aromatic N) is 2. The van der Waals surface area contributed by atoms with Crippen molar-refractivity contribution in [1.82, 2.24) is 9.80 Å². The number of unbranched alkanes of at least 4 members (excludes halogenated alkanes) is 4. The predicted molar refractivity (Wildman–Crippen MR) is 87.0 cm³/mol. The van der Waals surface area contributed by atoms with Crippen LogP contribution in [-0.2, 0) is 0 Å². The lowest BCUT2D eigenvalue weighted by atomic mass is 9.99. The largest absolute Gasteiger partial charge is 0.330 e. The first-order valence-electron chi connectivity index (χ1n) is 9.06. The van der Waals surface area contributed by atoms with E-state index >= 15 is 0 Å². The van der Waals surface area contributed by atoms with Crippen LogP contribution in [0.3, 0.4) is 0 Å². The first kappa shape index (κ1) is 16.3. The highest BCUT2D eigenvalue weighted by Gasteiger charge is 2.24. The monoisotopic (exact) mass is 281 g/mol. The molecule has 0 spiro atoms. The van der Waals surface area contributed by atoms with Gasteiger partial charge in [0, 0.05) is 6.04 Å². The lowest BCUT2D eigenvalue weighted by Crippen LogP contribution is -2.46. The van der Waals surface area contributed by atoms with Crippen molar-refractivity contribution in [2.75, 3.05) is 39.3 Å². The van der Waals surface area contributed by atoms with Gasteiger partial charge in [-0.3, -0.25) is 0 Å². The summed E-state index contributed by atoms with van der Waals surface area (Å²) in [5.41, 5.74) is 5.52. The fraction of sp³-hybridized carbons (Fsp3) is 1.00. The zero-order valence-corrected chi connectivity index (χ0v) is 13.4. The van der Waals surface area contributed by atoms with Gasteiger partial charge < -0.3 is 15.5 Å². The lowest BCUT2D eigenvalue weighted by molar-refractivity contribution is 0.0918. The molecule has 0 unspecified atom stereocenters. The zero-order valence-electron chi connectivity index (χ0n) is 13.4. The Kier molecular flexibility index (Phi) is 7.92. The molecule has 0 aromatic rings. The Hall–Kier alpha value is -0.120. The third-order valence-corrected chi connectivity index (χ3v) is 5.14. The Bertz CT molecular complexity index is 230. The molecule has 118 valence electrons. The third-order valence-electron chi connectivity index (χ3n) is 5.14. The fourth-order valence-corrected chi connectivity index (χ4v) is 3.80. The molecule has 2 fully saturated rings. The molecule has 20 heavy (non-hydrogen) atoms. The van der Waals surface area contributed by atoms with Gasteiger partial charge in [-0.2, -0.15) is 0 Å². The summed E-state index contributed by atoms with van der Waals surface area (Å²) in [4.78, 5) is 5.47. The second-order valence-electron chi connectivity index (χ2n) is 6.73. The zero-order chi connectivity index (χ0) is 14.0. The topological polar surface area (TPSA) is 32.5 Å². The van der Waals surface area contributed by atoms with Gasteiger partial charge in [-0.05, 0) is 77.8 Å². The van der Waals surface area contributed by atoms with Crippen molar-refractivity contribution in [3.63, 3.8) is 0 Å². The molecular weight excluding hydrogens is 246 g/mol. The van der Waals surface area contributed by atoms with Gasteiger partial charge in [0.15, 0.2) is 0 Å². The standard InChI is InChI=1S/C17H35N3/c18-11-5-2-1-3-6-12-19-15-9-17(10-16-19)20-13-7-4-8-14-20/h17H,1-16,18H2. The molecule has 2 aliphatic rings. The third kappa shape index (κ3) is 5.71. The molecule has 0 aliphatic carbocycles. The number of piperidine rings is 2. The molecule has 0 bridgehead atoms. The average molecular weight is 281 g/mol. The van der Waals surface area contributed by atoms with Crippen molar-refractivity contribution in [2.24, 2.45) is 5.73 Å². The van der Waals surface area contributed by atoms with E-state index in [2.05, 4.69) is 9.80 Å². The van der Waals surface area contributed by atoms with E-state index in [4.69, 9.17) is 5.73 Å². The van der Waals surface area contributed by atoms with Gasteiger partial charge in [0.05, 0.1) is 0 Å². The minimum absolute atomic E-state index is 0.865. The van der Waals surface area contributed by atoms with E-state index in [-0.39, 0.29) is 0 Å². The van der Waals surface area contributed by atoms with E-state index < -0.39 is 0 Å². The van der Waals surface area contributed by atoms with E-state index in [1.807, 2.05) is 0 Å². The number of rotatable bonds is 8. The molecule has 0 amide bonds. The molecule has 0 aromatic carbocycles. The SMILES string of the molecule is NCCCCCCCN1CCC(N2CCCCC2)CC1. The van der Waals surface area contributed by atoms with Gasteiger partial charge in [0.25, 0.3) is 0 Å². The average Bonchev–Trinajstić information content (AvgIpc) is 2.52. The summed E-state index contributed by atoms with van der Waals surface area (Å²) in [5, 5.41) is 0. The summed E-state index contributed by atoms with van der Waals surface area (Å²) in [7, 11) is 0. The van der Waals surface area contributed by atoms with Gasteiger partial charge in [0.1, 0.15) is 0 Å². The summed E-state index contributed by atoms with van der Waals surface area (Å²) in [5.74, 6) is 0. The van der Waals surface area contributed by atoms with Gasteiger partial charge in [-0.15, -0.1) is 0 Å². The Morgan fingerprint density at radius 3 is 2.10 bits per heavy atom. The molecule has 2 aliphatic heterocycles. The fourth-order valence-electron chi connectivity index (χ4n) is 3.80. The number of hydrogen-bond donors (Lipinski definition) is 1. The first-order chi connectivity index (χ1) is 9.90. The van der Waals surface area contributed by atoms with Gasteiger partial charge in [-0.25, -0.2) is 0 Å². The maximum atomic E-state index is 5.52. The van der Waals surface area contributed by atoms with Crippen LogP contribution in [0.4, 0.5) is 0 Å². The molecule has 2 N–H and O–H groups in total. The van der Waals surface area contributed by atoms with Crippen LogP contribution in [0.15, 0.2) is 0 Å². The maximum absolute atomic E-state index is 5.52. The molecule has 3 nitrogen and oxygen atoms in total. The lowest BCUT2D eigenvalue weighted by Gasteiger charge is -2.40. The van der Waals surface area contributed by atoms with Crippen LogP contribution in [0.1, 0.15) is 64.2 Å². The molecule has 0 atom stereocenters. The van der Waals surface area contributed by atoms with Crippen LogP contribution < -0.4 is 5.73 Å². The van der Waals surface area contributed by atoms with E-state index in [0.717, 1.165) is 12.6 Å². The van der Waals surface area contributed by atoms with E-state index in [9.17, 15) is 0 Å². The minimum Gasteiger partial charge on any atom is -0.330 e. The molecule has 3 heteroatoms. The second-order valence-corrected chi connectivity index (χ2v) is 6.73. The first-order valence-corrected chi connectivity index (χ1v) is 9.06. The van der Waals surface area contributed by atoms with Crippen LogP contribution in [0.2, 0.25) is 0 Å². The van der Waals surface area contributed by atoms with Crippen LogP contribution in [0.5, 0.6) is 0 Å². The van der Waals surface area contributed by atoms with Crippen LogP contribution in [0.25, 0.3) is 0 Å². The van der Waals surface area contributed by atoms with Crippen molar-refractivity contribution in [1.29, 1.82) is 0 Å². The maximum Gasteiger partial charge on any atom is 0.0120 e. The summed E-state index contributed by atoms with van der Waals surface area (Å²) >= 11 is 0. The highest BCUT2D eigenvalue weighted by molar-refractivity contribution is 4.81. The van der Waals surface area contributed by atoms with Crippen LogP contribution in [-0.4, -0.2) is 55.1 Å². The molecule has 0 aromatic heterocycles. The Morgan fingerprint density at radius 2 is 1.40 bits per heavy atom. The number of nitrogens with two attached hydrogens (primary N) is 1. The van der Waals surface area contributed by atoms with Crippen molar-refractivity contribution in [3.05, 3.63) is 0 Å². The molecule has 2 rings (SSSR count). The second kappa shape index (κ2) is 9.75. The quantitative estimate of drug-likeness (QED) is 0.694. The van der Waals surface area contributed by atoms with Crippen LogP contribution in [0, 0.1) is 0 Å². The molecule has 2 saturated heterocycles. The van der Waals surface area contributed by atoms with E-state index in [1.54, 1.807) is 0 Å². The van der Waals surface area contributed by atoms with Gasteiger partial charge >= 0.3 is 0 Å². The Labute approximate surface area is 125 Å². The van der Waals surface area contributed by atoms with E-state index in [1.165, 1.54) is 96.9 Å². The normalized spacial score (nSPS) is 23.2. The summed E-state index contributed by atoms with van der Waals surface area (Å²) < 4.78 is 0. The van der Waals surface area contributed by atoms with E-state index in [0.29, 0.717) is 0 Å². The van der Waals surface area contributed by atoms with Crippen molar-refractivity contribution < 1.29 is 0 Å². The highest BCUT2D eigenvalue weighted by atomic mass is 15.2. The summed E-state index contributed by atoms with van der Waals surface area (Å²) in [6.07, 6.45) is 13.8.